The largest absolute Gasteiger partial charge is 0.493 e. The van der Waals surface area contributed by atoms with Crippen molar-refractivity contribution in [3.05, 3.63) is 42.7 Å². The van der Waals surface area contributed by atoms with E-state index >= 15 is 0 Å². The number of nitrogens with zero attached hydrogens (tertiary/aromatic N) is 3. The molecular weight excluding hydrogens is 292 g/mol. The van der Waals surface area contributed by atoms with E-state index in [2.05, 4.69) is 20.2 Å². The van der Waals surface area contributed by atoms with Crippen LogP contribution in [-0.2, 0) is 0 Å². The van der Waals surface area contributed by atoms with Gasteiger partial charge in [-0.05, 0) is 12.1 Å². The van der Waals surface area contributed by atoms with Gasteiger partial charge in [-0.2, -0.15) is 4.98 Å². The third-order valence-electron chi connectivity index (χ3n) is 3.59. The zero-order valence-electron chi connectivity index (χ0n) is 13.1. The lowest BCUT2D eigenvalue weighted by Gasteiger charge is -2.28. The highest BCUT2D eigenvalue weighted by Crippen LogP contribution is 2.14. The van der Waals surface area contributed by atoms with E-state index in [1.165, 1.54) is 0 Å². The number of rotatable bonds is 7. The first kappa shape index (κ1) is 15.6. The summed E-state index contributed by atoms with van der Waals surface area (Å²) >= 11 is 0. The summed E-state index contributed by atoms with van der Waals surface area (Å²) in [5, 5.41) is 3.33. The Morgan fingerprint density at radius 3 is 2.61 bits per heavy atom. The molecule has 0 atom stereocenters. The number of para-hydroxylation sites is 1. The molecule has 0 bridgehead atoms. The number of ether oxygens (including phenoxy) is 2. The normalized spacial score (nSPS) is 14.5. The summed E-state index contributed by atoms with van der Waals surface area (Å²) in [6.07, 6.45) is 4.24. The van der Waals surface area contributed by atoms with Crippen LogP contribution >= 0.6 is 0 Å². The number of aromatic nitrogens is 2. The average molecular weight is 314 g/mol. The van der Waals surface area contributed by atoms with Gasteiger partial charge in [0, 0.05) is 32.6 Å². The van der Waals surface area contributed by atoms with E-state index in [-0.39, 0.29) is 0 Å². The molecule has 0 aliphatic carbocycles. The van der Waals surface area contributed by atoms with Gasteiger partial charge in [-0.3, -0.25) is 4.98 Å². The molecule has 122 valence electrons. The smallest absolute Gasteiger partial charge is 0.234 e. The number of nitrogens with one attached hydrogen (secondary N) is 1. The molecule has 0 amide bonds. The summed E-state index contributed by atoms with van der Waals surface area (Å²) in [6, 6.07) is 9.79. The second-order valence-corrected chi connectivity index (χ2v) is 5.32. The fourth-order valence-electron chi connectivity index (χ4n) is 2.40. The monoisotopic (exact) mass is 314 g/mol. The van der Waals surface area contributed by atoms with Crippen molar-refractivity contribution in [2.75, 3.05) is 44.3 Å². The van der Waals surface area contributed by atoms with Crippen molar-refractivity contribution in [2.24, 2.45) is 0 Å². The molecule has 23 heavy (non-hydrogen) atoms. The number of hydrogen-bond donors (Lipinski definition) is 1. The van der Waals surface area contributed by atoms with Crippen molar-refractivity contribution >= 4 is 5.82 Å². The van der Waals surface area contributed by atoms with Gasteiger partial charge in [0.05, 0.1) is 25.6 Å². The summed E-state index contributed by atoms with van der Waals surface area (Å²) in [4.78, 5) is 11.0. The van der Waals surface area contributed by atoms with Gasteiger partial charge < -0.3 is 19.7 Å². The van der Waals surface area contributed by atoms with Crippen molar-refractivity contribution < 1.29 is 9.47 Å². The Balaban J connectivity index is 1.41. The van der Waals surface area contributed by atoms with Crippen LogP contribution in [0.25, 0.3) is 0 Å². The van der Waals surface area contributed by atoms with Crippen LogP contribution in [0.2, 0.25) is 0 Å². The highest BCUT2D eigenvalue weighted by Gasteiger charge is 2.12. The van der Waals surface area contributed by atoms with Crippen LogP contribution in [0.3, 0.4) is 0 Å². The van der Waals surface area contributed by atoms with Crippen molar-refractivity contribution in [1.82, 2.24) is 15.3 Å². The van der Waals surface area contributed by atoms with Gasteiger partial charge >= 0.3 is 0 Å². The van der Waals surface area contributed by atoms with Gasteiger partial charge in [-0.1, -0.05) is 18.2 Å². The second kappa shape index (κ2) is 8.33. The Hall–Kier alpha value is -2.34. The number of hydrogen-bond acceptors (Lipinski definition) is 6. The van der Waals surface area contributed by atoms with Crippen molar-refractivity contribution in [2.45, 2.75) is 6.42 Å². The van der Waals surface area contributed by atoms with Crippen LogP contribution in [-0.4, -0.2) is 49.4 Å². The lowest BCUT2D eigenvalue weighted by molar-refractivity contribution is 0.241. The van der Waals surface area contributed by atoms with Crippen LogP contribution in [0.5, 0.6) is 11.6 Å². The highest BCUT2D eigenvalue weighted by atomic mass is 16.5. The van der Waals surface area contributed by atoms with E-state index in [0.717, 1.165) is 44.2 Å². The molecule has 2 aromatic rings. The predicted octanol–water partition coefficient (Wildman–Crippen LogP) is 1.73. The summed E-state index contributed by atoms with van der Waals surface area (Å²) < 4.78 is 11.3. The maximum absolute atomic E-state index is 5.68. The van der Waals surface area contributed by atoms with Gasteiger partial charge in [-0.25, -0.2) is 0 Å². The molecule has 6 nitrogen and oxygen atoms in total. The lowest BCUT2D eigenvalue weighted by atomic mass is 10.3. The third kappa shape index (κ3) is 4.82. The number of anilines is 1. The Morgan fingerprint density at radius 2 is 1.78 bits per heavy atom. The average Bonchev–Trinajstić information content (AvgIpc) is 2.63. The molecule has 1 N–H and O–H groups in total. The first-order chi connectivity index (χ1) is 11.4. The van der Waals surface area contributed by atoms with Crippen LogP contribution in [0.15, 0.2) is 42.7 Å². The molecule has 1 aliphatic rings. The Labute approximate surface area is 136 Å². The van der Waals surface area contributed by atoms with Crippen LogP contribution in [0.1, 0.15) is 6.42 Å². The first-order valence-corrected chi connectivity index (χ1v) is 8.00. The molecule has 3 rings (SSSR count). The Morgan fingerprint density at radius 1 is 1.00 bits per heavy atom. The molecule has 1 aromatic carbocycles. The number of benzene rings is 1. The molecule has 1 aromatic heterocycles. The van der Waals surface area contributed by atoms with E-state index < -0.39 is 0 Å². The lowest BCUT2D eigenvalue weighted by Crippen LogP contribution is -2.43. The zero-order valence-corrected chi connectivity index (χ0v) is 13.1. The first-order valence-electron chi connectivity index (χ1n) is 8.00. The molecule has 2 heterocycles. The second-order valence-electron chi connectivity index (χ2n) is 5.32. The minimum absolute atomic E-state index is 0.562. The standard InChI is InChI=1S/C17H22N4O2/c1-2-5-15(6-3-1)22-11-4-12-23-17-14-19-13-16(20-17)21-9-7-18-8-10-21/h1-3,5-6,13-14,18H,4,7-12H2. The van der Waals surface area contributed by atoms with E-state index in [4.69, 9.17) is 9.47 Å². The van der Waals surface area contributed by atoms with Crippen molar-refractivity contribution in [1.29, 1.82) is 0 Å². The summed E-state index contributed by atoms with van der Waals surface area (Å²) in [5.74, 6) is 2.33. The molecule has 6 heteroatoms. The van der Waals surface area contributed by atoms with Gasteiger partial charge in [-0.15, -0.1) is 0 Å². The van der Waals surface area contributed by atoms with Crippen LogP contribution < -0.4 is 19.7 Å². The Kier molecular flexibility index (Phi) is 5.64. The van der Waals surface area contributed by atoms with E-state index in [0.29, 0.717) is 19.1 Å². The number of piperazine rings is 1. The summed E-state index contributed by atoms with van der Waals surface area (Å²) in [6.45, 7) is 5.03. The quantitative estimate of drug-likeness (QED) is 0.786. The van der Waals surface area contributed by atoms with E-state index in [1.807, 2.05) is 30.3 Å². The van der Waals surface area contributed by atoms with Crippen LogP contribution in [0, 0.1) is 0 Å². The fraction of sp³-hybridized carbons (Fsp3) is 0.412. The maximum atomic E-state index is 5.68. The van der Waals surface area contributed by atoms with E-state index in [9.17, 15) is 0 Å². The zero-order chi connectivity index (χ0) is 15.7. The van der Waals surface area contributed by atoms with Gasteiger partial charge in [0.1, 0.15) is 5.75 Å². The van der Waals surface area contributed by atoms with Gasteiger partial charge in [0.25, 0.3) is 0 Å². The minimum atomic E-state index is 0.562. The van der Waals surface area contributed by atoms with Crippen molar-refractivity contribution in [3.8, 4) is 11.6 Å². The topological polar surface area (TPSA) is 59.5 Å². The highest BCUT2D eigenvalue weighted by molar-refractivity contribution is 5.38. The predicted molar refractivity (Wildman–Crippen MR) is 89.2 cm³/mol. The maximum Gasteiger partial charge on any atom is 0.234 e. The minimum Gasteiger partial charge on any atom is -0.493 e. The van der Waals surface area contributed by atoms with Gasteiger partial charge in [0.15, 0.2) is 5.82 Å². The molecule has 0 saturated carbocycles. The molecule has 0 radical (unpaired) electrons. The molecule has 1 fully saturated rings. The SMILES string of the molecule is c1ccc(OCCCOc2cncc(N3CCNCC3)n2)cc1. The van der Waals surface area contributed by atoms with Crippen molar-refractivity contribution in [3.63, 3.8) is 0 Å². The molecule has 1 saturated heterocycles. The molecular formula is C17H22N4O2. The van der Waals surface area contributed by atoms with Gasteiger partial charge in [0.2, 0.25) is 5.88 Å². The molecule has 0 unspecified atom stereocenters. The Bertz CT molecular complexity index is 588. The van der Waals surface area contributed by atoms with Crippen LogP contribution in [0.4, 0.5) is 5.82 Å². The van der Waals surface area contributed by atoms with E-state index in [1.54, 1.807) is 12.4 Å². The molecule has 0 spiro atoms. The fourth-order valence-corrected chi connectivity index (χ4v) is 2.40. The summed E-state index contributed by atoms with van der Waals surface area (Å²) in [7, 11) is 0. The molecule has 1 aliphatic heterocycles. The summed E-state index contributed by atoms with van der Waals surface area (Å²) in [5.41, 5.74) is 0. The third-order valence-corrected chi connectivity index (χ3v) is 3.59.